The third kappa shape index (κ3) is 2.59. The molecule has 108 valence electrons. The quantitative estimate of drug-likeness (QED) is 0.587. The fourth-order valence-electron chi connectivity index (χ4n) is 2.12. The SMILES string of the molecule is Nc1ncc(-c2cccc([N+](=O)[O-])c2)c(-c2cccnc2)n1. The third-order valence-electron chi connectivity index (χ3n) is 3.11. The highest BCUT2D eigenvalue weighted by molar-refractivity contribution is 5.81. The zero-order valence-electron chi connectivity index (χ0n) is 11.4. The fraction of sp³-hybridized carbons (Fsp3) is 0. The summed E-state index contributed by atoms with van der Waals surface area (Å²) < 4.78 is 0. The molecule has 0 fully saturated rings. The van der Waals surface area contributed by atoms with Gasteiger partial charge in [-0.05, 0) is 17.7 Å². The molecule has 0 saturated heterocycles. The Bertz CT molecular complexity index is 836. The van der Waals surface area contributed by atoms with Crippen molar-refractivity contribution in [1.29, 1.82) is 0 Å². The number of pyridine rings is 1. The van der Waals surface area contributed by atoms with Gasteiger partial charge < -0.3 is 5.73 Å². The Balaban J connectivity index is 2.19. The molecule has 0 spiro atoms. The van der Waals surface area contributed by atoms with Crippen LogP contribution < -0.4 is 5.73 Å². The molecule has 0 aliphatic rings. The van der Waals surface area contributed by atoms with Gasteiger partial charge in [0.1, 0.15) is 0 Å². The van der Waals surface area contributed by atoms with Crippen molar-refractivity contribution < 1.29 is 4.92 Å². The molecule has 3 aromatic rings. The number of hydrogen-bond donors (Lipinski definition) is 1. The number of nitro benzene ring substituents is 1. The van der Waals surface area contributed by atoms with Crippen LogP contribution in [0.15, 0.2) is 55.0 Å². The van der Waals surface area contributed by atoms with Gasteiger partial charge in [-0.2, -0.15) is 0 Å². The number of anilines is 1. The van der Waals surface area contributed by atoms with E-state index in [-0.39, 0.29) is 11.6 Å². The summed E-state index contributed by atoms with van der Waals surface area (Å²) >= 11 is 0. The predicted molar refractivity (Wildman–Crippen MR) is 81.8 cm³/mol. The van der Waals surface area contributed by atoms with E-state index in [2.05, 4.69) is 15.0 Å². The molecule has 1 aromatic carbocycles. The first-order chi connectivity index (χ1) is 10.6. The van der Waals surface area contributed by atoms with Crippen LogP contribution in [0.1, 0.15) is 0 Å². The Kier molecular flexibility index (Phi) is 3.45. The summed E-state index contributed by atoms with van der Waals surface area (Å²) in [4.78, 5) is 22.8. The van der Waals surface area contributed by atoms with Crippen molar-refractivity contribution in [2.45, 2.75) is 0 Å². The number of hydrogen-bond acceptors (Lipinski definition) is 6. The van der Waals surface area contributed by atoms with Gasteiger partial charge in [-0.1, -0.05) is 12.1 Å². The van der Waals surface area contributed by atoms with Crippen LogP contribution in [-0.2, 0) is 0 Å². The maximum absolute atomic E-state index is 10.9. The van der Waals surface area contributed by atoms with Crippen LogP contribution >= 0.6 is 0 Å². The van der Waals surface area contributed by atoms with Crippen LogP contribution in [-0.4, -0.2) is 19.9 Å². The van der Waals surface area contributed by atoms with Crippen molar-refractivity contribution in [1.82, 2.24) is 15.0 Å². The van der Waals surface area contributed by atoms with E-state index in [0.29, 0.717) is 16.8 Å². The number of nitro groups is 1. The fourth-order valence-corrected chi connectivity index (χ4v) is 2.12. The zero-order chi connectivity index (χ0) is 15.5. The average molecular weight is 293 g/mol. The number of non-ortho nitro benzene ring substituents is 1. The zero-order valence-corrected chi connectivity index (χ0v) is 11.4. The molecule has 0 aliphatic heterocycles. The molecule has 0 bridgehead atoms. The molecule has 3 rings (SSSR count). The Hall–Kier alpha value is -3.35. The second-order valence-electron chi connectivity index (χ2n) is 4.54. The van der Waals surface area contributed by atoms with Crippen LogP contribution in [0.4, 0.5) is 11.6 Å². The lowest BCUT2D eigenvalue weighted by atomic mass is 10.0. The van der Waals surface area contributed by atoms with Crippen LogP contribution in [0.3, 0.4) is 0 Å². The smallest absolute Gasteiger partial charge is 0.270 e. The number of aromatic nitrogens is 3. The van der Waals surface area contributed by atoms with Crippen molar-refractivity contribution in [3.63, 3.8) is 0 Å². The lowest BCUT2D eigenvalue weighted by molar-refractivity contribution is -0.384. The van der Waals surface area contributed by atoms with Gasteiger partial charge in [0, 0.05) is 41.9 Å². The summed E-state index contributed by atoms with van der Waals surface area (Å²) in [6.45, 7) is 0. The average Bonchev–Trinajstić information content (AvgIpc) is 2.55. The summed E-state index contributed by atoms with van der Waals surface area (Å²) in [5.74, 6) is 0.132. The lowest BCUT2D eigenvalue weighted by Crippen LogP contribution is -1.99. The minimum atomic E-state index is -0.439. The predicted octanol–water partition coefficient (Wildman–Crippen LogP) is 2.70. The maximum atomic E-state index is 10.9. The van der Waals surface area contributed by atoms with E-state index in [1.54, 1.807) is 36.8 Å². The number of nitrogen functional groups attached to an aromatic ring is 1. The second kappa shape index (κ2) is 5.57. The monoisotopic (exact) mass is 293 g/mol. The van der Waals surface area contributed by atoms with Gasteiger partial charge in [-0.15, -0.1) is 0 Å². The molecule has 22 heavy (non-hydrogen) atoms. The normalized spacial score (nSPS) is 10.4. The summed E-state index contributed by atoms with van der Waals surface area (Å²) in [6, 6.07) is 9.93. The largest absolute Gasteiger partial charge is 0.368 e. The highest BCUT2D eigenvalue weighted by Gasteiger charge is 2.13. The molecular formula is C15H11N5O2. The van der Waals surface area contributed by atoms with Crippen LogP contribution in [0.2, 0.25) is 0 Å². The van der Waals surface area contributed by atoms with Crippen molar-refractivity contribution >= 4 is 11.6 Å². The van der Waals surface area contributed by atoms with Crippen molar-refractivity contribution in [3.05, 3.63) is 65.1 Å². The number of rotatable bonds is 3. The van der Waals surface area contributed by atoms with Crippen molar-refractivity contribution in [2.75, 3.05) is 5.73 Å². The van der Waals surface area contributed by atoms with Crippen molar-refractivity contribution in [2.24, 2.45) is 0 Å². The first-order valence-corrected chi connectivity index (χ1v) is 6.43. The van der Waals surface area contributed by atoms with Gasteiger partial charge >= 0.3 is 0 Å². The molecule has 0 unspecified atom stereocenters. The Morgan fingerprint density at radius 2 is 1.91 bits per heavy atom. The van der Waals surface area contributed by atoms with E-state index in [0.717, 1.165) is 5.56 Å². The maximum Gasteiger partial charge on any atom is 0.270 e. The van der Waals surface area contributed by atoms with Crippen LogP contribution in [0.5, 0.6) is 0 Å². The van der Waals surface area contributed by atoms with E-state index in [1.807, 2.05) is 6.07 Å². The van der Waals surface area contributed by atoms with Gasteiger partial charge in [0.15, 0.2) is 0 Å². The van der Waals surface area contributed by atoms with Gasteiger partial charge in [0.25, 0.3) is 5.69 Å². The molecular weight excluding hydrogens is 282 g/mol. The number of benzene rings is 1. The van der Waals surface area contributed by atoms with E-state index in [1.165, 1.54) is 12.1 Å². The minimum absolute atomic E-state index is 0.00598. The minimum Gasteiger partial charge on any atom is -0.368 e. The standard InChI is InChI=1S/C15H11N5O2/c16-15-18-9-13(10-3-1-5-12(7-10)20(21)22)14(19-15)11-4-2-6-17-8-11/h1-9H,(H2,16,18,19). The molecule has 0 amide bonds. The molecule has 0 atom stereocenters. The summed E-state index contributed by atoms with van der Waals surface area (Å²) in [7, 11) is 0. The third-order valence-corrected chi connectivity index (χ3v) is 3.11. The molecule has 2 aromatic heterocycles. The molecule has 0 radical (unpaired) electrons. The molecule has 0 saturated carbocycles. The molecule has 2 heterocycles. The topological polar surface area (TPSA) is 108 Å². The van der Waals surface area contributed by atoms with E-state index >= 15 is 0 Å². The summed E-state index contributed by atoms with van der Waals surface area (Å²) in [5.41, 5.74) is 8.33. The highest BCUT2D eigenvalue weighted by Crippen LogP contribution is 2.31. The van der Waals surface area contributed by atoms with Crippen molar-refractivity contribution in [3.8, 4) is 22.4 Å². The molecule has 0 aliphatic carbocycles. The molecule has 2 N–H and O–H groups in total. The van der Waals surface area contributed by atoms with E-state index in [4.69, 9.17) is 5.73 Å². The first-order valence-electron chi connectivity index (χ1n) is 6.43. The highest BCUT2D eigenvalue weighted by atomic mass is 16.6. The van der Waals surface area contributed by atoms with E-state index in [9.17, 15) is 10.1 Å². The Morgan fingerprint density at radius 1 is 1.09 bits per heavy atom. The van der Waals surface area contributed by atoms with E-state index < -0.39 is 4.92 Å². The first kappa shape index (κ1) is 13.6. The second-order valence-corrected chi connectivity index (χ2v) is 4.54. The molecule has 7 heteroatoms. The molecule has 7 nitrogen and oxygen atoms in total. The Morgan fingerprint density at radius 3 is 2.64 bits per heavy atom. The Labute approximate surface area is 125 Å². The van der Waals surface area contributed by atoms with Crippen LogP contribution in [0.25, 0.3) is 22.4 Å². The lowest BCUT2D eigenvalue weighted by Gasteiger charge is -2.09. The van der Waals surface area contributed by atoms with Gasteiger partial charge in [-0.3, -0.25) is 15.1 Å². The van der Waals surface area contributed by atoms with Gasteiger partial charge in [-0.25, -0.2) is 9.97 Å². The van der Waals surface area contributed by atoms with Gasteiger partial charge in [0.05, 0.1) is 10.6 Å². The number of nitrogens with zero attached hydrogens (tertiary/aromatic N) is 4. The number of nitrogens with two attached hydrogens (primary N) is 1. The summed E-state index contributed by atoms with van der Waals surface area (Å²) in [5, 5.41) is 10.9. The van der Waals surface area contributed by atoms with Gasteiger partial charge in [0.2, 0.25) is 5.95 Å². The summed E-state index contributed by atoms with van der Waals surface area (Å²) in [6.07, 6.45) is 4.87. The van der Waals surface area contributed by atoms with Crippen LogP contribution in [0, 0.1) is 10.1 Å².